The molecule has 0 saturated heterocycles. The highest BCUT2D eigenvalue weighted by Gasteiger charge is 2.29. The molecular weight excluding hydrogens is 207 g/mol. The minimum atomic E-state index is 0.0715. The van der Waals surface area contributed by atoms with Gasteiger partial charge in [0.05, 0.1) is 5.02 Å². The van der Waals surface area contributed by atoms with Crippen molar-refractivity contribution in [3.8, 4) is 0 Å². The number of nitrogens with two attached hydrogens (primary N) is 1. The standard InChI is InChI=1S/C9H10Cl2N2/c10-7-3-6(4-13-9(7)11)8(12)5-1-2-5/h3-5,8H,1-2,12H2/t8-/m1/s1. The van der Waals surface area contributed by atoms with Crippen LogP contribution >= 0.6 is 23.2 Å². The van der Waals surface area contributed by atoms with Gasteiger partial charge >= 0.3 is 0 Å². The first-order valence-electron chi connectivity index (χ1n) is 4.25. The van der Waals surface area contributed by atoms with E-state index in [1.807, 2.05) is 0 Å². The van der Waals surface area contributed by atoms with E-state index in [2.05, 4.69) is 4.98 Å². The summed E-state index contributed by atoms with van der Waals surface area (Å²) in [4.78, 5) is 3.96. The third kappa shape index (κ3) is 1.96. The van der Waals surface area contributed by atoms with Gasteiger partial charge in [0.25, 0.3) is 0 Å². The van der Waals surface area contributed by atoms with E-state index in [-0.39, 0.29) is 6.04 Å². The molecule has 0 aromatic carbocycles. The van der Waals surface area contributed by atoms with Crippen LogP contribution in [0.3, 0.4) is 0 Å². The molecule has 13 heavy (non-hydrogen) atoms. The van der Waals surface area contributed by atoms with E-state index in [9.17, 15) is 0 Å². The van der Waals surface area contributed by atoms with E-state index in [4.69, 9.17) is 28.9 Å². The second-order valence-corrected chi connectivity index (χ2v) is 4.17. The van der Waals surface area contributed by atoms with Crippen molar-refractivity contribution in [1.82, 2.24) is 4.98 Å². The van der Waals surface area contributed by atoms with Gasteiger partial charge in [0, 0.05) is 12.2 Å². The minimum absolute atomic E-state index is 0.0715. The molecule has 70 valence electrons. The van der Waals surface area contributed by atoms with Crippen LogP contribution in [0.2, 0.25) is 10.2 Å². The van der Waals surface area contributed by atoms with Crippen molar-refractivity contribution in [3.05, 3.63) is 28.0 Å². The van der Waals surface area contributed by atoms with Crippen LogP contribution in [-0.2, 0) is 0 Å². The Bertz CT molecular complexity index is 323. The lowest BCUT2D eigenvalue weighted by Gasteiger charge is -2.10. The van der Waals surface area contributed by atoms with E-state index < -0.39 is 0 Å². The fourth-order valence-electron chi connectivity index (χ4n) is 1.35. The summed E-state index contributed by atoms with van der Waals surface area (Å²) in [6.07, 6.45) is 4.13. The van der Waals surface area contributed by atoms with Crippen LogP contribution in [-0.4, -0.2) is 4.98 Å². The van der Waals surface area contributed by atoms with Crippen LogP contribution < -0.4 is 5.73 Å². The highest BCUT2D eigenvalue weighted by Crippen LogP contribution is 2.39. The highest BCUT2D eigenvalue weighted by molar-refractivity contribution is 6.41. The lowest BCUT2D eigenvalue weighted by molar-refractivity contribution is 0.631. The van der Waals surface area contributed by atoms with Gasteiger partial charge in [0.15, 0.2) is 0 Å². The van der Waals surface area contributed by atoms with Crippen LogP contribution in [0.15, 0.2) is 12.3 Å². The summed E-state index contributed by atoms with van der Waals surface area (Å²) in [7, 11) is 0. The first-order valence-corrected chi connectivity index (χ1v) is 5.00. The van der Waals surface area contributed by atoms with Crippen LogP contribution in [0.25, 0.3) is 0 Å². The summed E-state index contributed by atoms with van der Waals surface area (Å²) in [5, 5.41) is 0.823. The fourth-order valence-corrected chi connectivity index (χ4v) is 1.62. The lowest BCUT2D eigenvalue weighted by atomic mass is 10.1. The maximum Gasteiger partial charge on any atom is 0.147 e. The highest BCUT2D eigenvalue weighted by atomic mass is 35.5. The molecule has 1 aromatic rings. The molecule has 2 nitrogen and oxygen atoms in total. The van der Waals surface area contributed by atoms with Crippen molar-refractivity contribution in [3.63, 3.8) is 0 Å². The second-order valence-electron chi connectivity index (χ2n) is 3.40. The summed E-state index contributed by atoms with van der Waals surface area (Å²) in [6, 6.07) is 1.88. The van der Waals surface area contributed by atoms with Crippen LogP contribution in [0, 0.1) is 5.92 Å². The molecule has 0 amide bonds. The van der Waals surface area contributed by atoms with Crippen molar-refractivity contribution in [2.75, 3.05) is 0 Å². The zero-order chi connectivity index (χ0) is 9.42. The van der Waals surface area contributed by atoms with Crippen LogP contribution in [0.4, 0.5) is 0 Å². The average molecular weight is 217 g/mol. The normalized spacial score (nSPS) is 18.7. The van der Waals surface area contributed by atoms with Gasteiger partial charge < -0.3 is 5.73 Å². The Hall–Kier alpha value is -0.310. The molecule has 1 saturated carbocycles. The van der Waals surface area contributed by atoms with Gasteiger partial charge in [-0.25, -0.2) is 4.98 Å². The fraction of sp³-hybridized carbons (Fsp3) is 0.444. The average Bonchev–Trinajstić information content (AvgIpc) is 2.91. The van der Waals surface area contributed by atoms with Crippen LogP contribution in [0.5, 0.6) is 0 Å². The quantitative estimate of drug-likeness (QED) is 0.773. The van der Waals surface area contributed by atoms with Crippen molar-refractivity contribution < 1.29 is 0 Å². The summed E-state index contributed by atoms with van der Waals surface area (Å²) in [6.45, 7) is 0. The smallest absolute Gasteiger partial charge is 0.147 e. The third-order valence-corrected chi connectivity index (χ3v) is 3.02. The molecule has 1 aliphatic carbocycles. The molecule has 2 N–H and O–H groups in total. The van der Waals surface area contributed by atoms with E-state index in [0.717, 1.165) is 5.56 Å². The van der Waals surface area contributed by atoms with E-state index >= 15 is 0 Å². The van der Waals surface area contributed by atoms with E-state index in [1.165, 1.54) is 12.8 Å². The van der Waals surface area contributed by atoms with Gasteiger partial charge in [-0.05, 0) is 30.4 Å². The summed E-state index contributed by atoms with van der Waals surface area (Å²) >= 11 is 11.5. The molecule has 2 rings (SSSR count). The topological polar surface area (TPSA) is 38.9 Å². The molecular formula is C9H10Cl2N2. The van der Waals surface area contributed by atoms with Crippen LogP contribution in [0.1, 0.15) is 24.4 Å². The Labute approximate surface area is 87.1 Å². The molecule has 0 aliphatic heterocycles. The van der Waals surface area contributed by atoms with Gasteiger partial charge in [0.1, 0.15) is 5.15 Å². The Balaban J connectivity index is 2.24. The van der Waals surface area contributed by atoms with Gasteiger partial charge in [-0.3, -0.25) is 0 Å². The molecule has 1 aliphatic rings. The third-order valence-electron chi connectivity index (χ3n) is 2.33. The van der Waals surface area contributed by atoms with Crippen molar-refractivity contribution in [2.24, 2.45) is 11.7 Å². The molecule has 1 atom stereocenters. The van der Waals surface area contributed by atoms with Gasteiger partial charge in [-0.2, -0.15) is 0 Å². The Kier molecular flexibility index (Phi) is 2.45. The zero-order valence-electron chi connectivity index (χ0n) is 7.00. The first kappa shape index (κ1) is 9.25. The molecule has 0 radical (unpaired) electrons. The van der Waals surface area contributed by atoms with E-state index in [1.54, 1.807) is 12.3 Å². The zero-order valence-corrected chi connectivity index (χ0v) is 8.52. The SMILES string of the molecule is N[C@@H](c1cnc(Cl)c(Cl)c1)C1CC1. The molecule has 1 aromatic heterocycles. The monoisotopic (exact) mass is 216 g/mol. The summed E-state index contributed by atoms with van der Waals surface area (Å²) < 4.78 is 0. The van der Waals surface area contributed by atoms with Gasteiger partial charge in [-0.15, -0.1) is 0 Å². The van der Waals surface area contributed by atoms with Gasteiger partial charge in [-0.1, -0.05) is 23.2 Å². The van der Waals surface area contributed by atoms with Crippen molar-refractivity contribution >= 4 is 23.2 Å². The number of pyridine rings is 1. The van der Waals surface area contributed by atoms with Crippen molar-refractivity contribution in [2.45, 2.75) is 18.9 Å². The predicted octanol–water partition coefficient (Wildman–Crippen LogP) is 2.80. The summed E-state index contributed by atoms with van der Waals surface area (Å²) in [5.74, 6) is 0.610. The van der Waals surface area contributed by atoms with Crippen molar-refractivity contribution in [1.29, 1.82) is 0 Å². The molecule has 0 bridgehead atoms. The molecule has 4 heteroatoms. The Morgan fingerprint density at radius 2 is 2.15 bits per heavy atom. The predicted molar refractivity (Wildman–Crippen MR) is 53.9 cm³/mol. The lowest BCUT2D eigenvalue weighted by Crippen LogP contribution is -2.12. The molecule has 0 unspecified atom stereocenters. The molecule has 0 spiro atoms. The summed E-state index contributed by atoms with van der Waals surface area (Å²) in [5.41, 5.74) is 6.96. The molecule has 1 heterocycles. The number of hydrogen-bond donors (Lipinski definition) is 1. The largest absolute Gasteiger partial charge is 0.324 e. The Morgan fingerprint density at radius 1 is 1.46 bits per heavy atom. The number of halogens is 2. The maximum atomic E-state index is 5.98. The number of hydrogen-bond acceptors (Lipinski definition) is 2. The number of nitrogens with zero attached hydrogens (tertiary/aromatic N) is 1. The second kappa shape index (κ2) is 3.45. The maximum absolute atomic E-state index is 5.98. The minimum Gasteiger partial charge on any atom is -0.324 e. The van der Waals surface area contributed by atoms with Gasteiger partial charge in [0.2, 0.25) is 0 Å². The Morgan fingerprint density at radius 3 is 2.69 bits per heavy atom. The number of rotatable bonds is 2. The molecule has 1 fully saturated rings. The van der Waals surface area contributed by atoms with E-state index in [0.29, 0.717) is 16.1 Å². The number of aromatic nitrogens is 1. The first-order chi connectivity index (χ1) is 6.18.